The highest BCUT2D eigenvalue weighted by molar-refractivity contribution is 9.09. The van der Waals surface area contributed by atoms with E-state index < -0.39 is 0 Å². The van der Waals surface area contributed by atoms with Crippen molar-refractivity contribution in [3.63, 3.8) is 0 Å². The molecule has 0 aromatic carbocycles. The normalized spacial score (nSPS) is 8.30. The lowest BCUT2D eigenvalue weighted by Gasteiger charge is -1.84. The summed E-state index contributed by atoms with van der Waals surface area (Å²) in [6, 6.07) is 0. The second-order valence-corrected chi connectivity index (χ2v) is 1.95. The lowest BCUT2D eigenvalue weighted by Crippen LogP contribution is -1.70. The maximum atomic E-state index is 3.73. The summed E-state index contributed by atoms with van der Waals surface area (Å²) in [4.78, 5) is 0. The summed E-state index contributed by atoms with van der Waals surface area (Å²) in [7, 11) is 0. The zero-order valence-corrected chi connectivity index (χ0v) is 8.32. The van der Waals surface area contributed by atoms with Crippen molar-refractivity contribution < 1.29 is 0 Å². The first-order chi connectivity index (χ1) is 4.81. The van der Waals surface area contributed by atoms with Crippen LogP contribution in [0.3, 0.4) is 0 Å². The van der Waals surface area contributed by atoms with Crippen molar-refractivity contribution in [2.45, 2.75) is 13.8 Å². The van der Waals surface area contributed by atoms with Gasteiger partial charge in [-0.05, 0) is 5.57 Å². The van der Waals surface area contributed by atoms with Crippen molar-refractivity contribution in [1.29, 1.82) is 0 Å². The van der Waals surface area contributed by atoms with Crippen molar-refractivity contribution in [2.24, 2.45) is 0 Å². The van der Waals surface area contributed by atoms with Crippen LogP contribution in [0.15, 0.2) is 37.0 Å². The first kappa shape index (κ1) is 12.4. The molecule has 58 valence electrons. The molecular weight excluding hydrogens is 188 g/mol. The molecular formula is C9H15Br. The zero-order chi connectivity index (χ0) is 8.41. The average molecular weight is 203 g/mol. The summed E-state index contributed by atoms with van der Waals surface area (Å²) >= 11 is 3.26. The predicted molar refractivity (Wildman–Crippen MR) is 53.6 cm³/mol. The van der Waals surface area contributed by atoms with Crippen molar-refractivity contribution in [2.75, 3.05) is 5.33 Å². The van der Waals surface area contributed by atoms with E-state index in [1.54, 1.807) is 6.08 Å². The van der Waals surface area contributed by atoms with Crippen molar-refractivity contribution >= 4 is 15.9 Å². The van der Waals surface area contributed by atoms with Gasteiger partial charge in [0, 0.05) is 5.33 Å². The highest BCUT2D eigenvalue weighted by Crippen LogP contribution is 1.96. The fourth-order valence-corrected chi connectivity index (χ4v) is 0.436. The van der Waals surface area contributed by atoms with E-state index >= 15 is 0 Å². The van der Waals surface area contributed by atoms with Crippen LogP contribution in [0.5, 0.6) is 0 Å². The van der Waals surface area contributed by atoms with Gasteiger partial charge in [-0.25, -0.2) is 0 Å². The quantitative estimate of drug-likeness (QED) is 0.484. The van der Waals surface area contributed by atoms with Crippen LogP contribution in [0.1, 0.15) is 13.8 Å². The van der Waals surface area contributed by atoms with Gasteiger partial charge in [-0.2, -0.15) is 0 Å². The minimum absolute atomic E-state index is 0.831. The standard InChI is InChI=1S/C7H9Br.C2H6/c1-3-4-5-7(2)6-8;1-2/h3-5H,1-2,6H2;1-2H3/b5-4-;. The Bertz CT molecular complexity index is 112. The molecule has 1 heteroatoms. The van der Waals surface area contributed by atoms with Gasteiger partial charge in [0.15, 0.2) is 0 Å². The third-order valence-electron chi connectivity index (χ3n) is 0.640. The Morgan fingerprint density at radius 3 is 2.30 bits per heavy atom. The Balaban J connectivity index is 0. The number of hydrogen-bond donors (Lipinski definition) is 0. The Kier molecular flexibility index (Phi) is 14.2. The van der Waals surface area contributed by atoms with Crippen LogP contribution in [-0.2, 0) is 0 Å². The molecule has 0 bridgehead atoms. The summed E-state index contributed by atoms with van der Waals surface area (Å²) < 4.78 is 0. The lowest BCUT2D eigenvalue weighted by molar-refractivity contribution is 1.50. The Morgan fingerprint density at radius 1 is 1.50 bits per heavy atom. The summed E-state index contributed by atoms with van der Waals surface area (Å²) in [6.07, 6.45) is 5.51. The van der Waals surface area contributed by atoms with Crippen LogP contribution < -0.4 is 0 Å². The van der Waals surface area contributed by atoms with Crippen LogP contribution in [0, 0.1) is 0 Å². The van der Waals surface area contributed by atoms with Gasteiger partial charge in [-0.3, -0.25) is 0 Å². The SMILES string of the molecule is C=C/C=C\C(=C)CBr.CC. The molecule has 0 aliphatic rings. The lowest BCUT2D eigenvalue weighted by atomic mass is 10.3. The number of hydrogen-bond acceptors (Lipinski definition) is 0. The van der Waals surface area contributed by atoms with E-state index in [-0.39, 0.29) is 0 Å². The topological polar surface area (TPSA) is 0 Å². The van der Waals surface area contributed by atoms with Crippen molar-refractivity contribution in [3.8, 4) is 0 Å². The smallest absolute Gasteiger partial charge is 0.0277 e. The van der Waals surface area contributed by atoms with Crippen molar-refractivity contribution in [1.82, 2.24) is 0 Å². The Labute approximate surface area is 72.5 Å². The number of halogens is 1. The van der Waals surface area contributed by atoms with E-state index in [2.05, 4.69) is 29.1 Å². The van der Waals surface area contributed by atoms with E-state index in [4.69, 9.17) is 0 Å². The van der Waals surface area contributed by atoms with Gasteiger partial charge in [0.25, 0.3) is 0 Å². The van der Waals surface area contributed by atoms with E-state index in [1.807, 2.05) is 26.0 Å². The highest BCUT2D eigenvalue weighted by atomic mass is 79.9. The van der Waals surface area contributed by atoms with Gasteiger partial charge in [0.1, 0.15) is 0 Å². The molecule has 0 atom stereocenters. The third-order valence-corrected chi connectivity index (χ3v) is 1.36. The largest absolute Gasteiger partial charge is 0.0991 e. The van der Waals surface area contributed by atoms with Crippen LogP contribution in [0.2, 0.25) is 0 Å². The molecule has 0 unspecified atom stereocenters. The molecule has 0 heterocycles. The molecule has 0 aromatic rings. The average Bonchev–Trinajstić information content (AvgIpc) is 2.04. The molecule has 0 aliphatic heterocycles. The van der Waals surface area contributed by atoms with Gasteiger partial charge >= 0.3 is 0 Å². The molecule has 10 heavy (non-hydrogen) atoms. The molecule has 0 saturated carbocycles. The molecule has 0 spiro atoms. The first-order valence-corrected chi connectivity index (χ1v) is 4.46. The second kappa shape index (κ2) is 11.5. The second-order valence-electron chi connectivity index (χ2n) is 1.39. The molecule has 0 rings (SSSR count). The fourth-order valence-electron chi connectivity index (χ4n) is 0.249. The van der Waals surface area contributed by atoms with Gasteiger partial charge in [0.2, 0.25) is 0 Å². The van der Waals surface area contributed by atoms with E-state index in [0.29, 0.717) is 0 Å². The number of allylic oxidation sites excluding steroid dienone is 4. The number of rotatable bonds is 3. The van der Waals surface area contributed by atoms with Crippen LogP contribution in [0.4, 0.5) is 0 Å². The molecule has 0 aromatic heterocycles. The monoisotopic (exact) mass is 202 g/mol. The maximum absolute atomic E-state index is 3.73. The zero-order valence-electron chi connectivity index (χ0n) is 6.73. The van der Waals surface area contributed by atoms with Crippen LogP contribution in [-0.4, -0.2) is 5.33 Å². The molecule has 0 amide bonds. The molecule has 0 fully saturated rings. The summed E-state index contributed by atoms with van der Waals surface area (Å²) in [5.74, 6) is 0. The maximum Gasteiger partial charge on any atom is 0.0277 e. The minimum atomic E-state index is 0.831. The first-order valence-electron chi connectivity index (χ1n) is 3.34. The third kappa shape index (κ3) is 10.6. The molecule has 0 saturated heterocycles. The van der Waals surface area contributed by atoms with E-state index in [0.717, 1.165) is 10.9 Å². The predicted octanol–water partition coefficient (Wildman–Crippen LogP) is 3.71. The van der Waals surface area contributed by atoms with Gasteiger partial charge in [-0.15, -0.1) is 0 Å². The van der Waals surface area contributed by atoms with Crippen molar-refractivity contribution in [3.05, 3.63) is 37.0 Å². The van der Waals surface area contributed by atoms with E-state index in [1.165, 1.54) is 0 Å². The molecule has 0 nitrogen and oxygen atoms in total. The molecule has 0 radical (unpaired) electrons. The highest BCUT2D eigenvalue weighted by Gasteiger charge is 1.77. The van der Waals surface area contributed by atoms with Crippen LogP contribution in [0.25, 0.3) is 0 Å². The Hall–Kier alpha value is -0.300. The summed E-state index contributed by atoms with van der Waals surface area (Å²) in [5.41, 5.74) is 1.06. The van der Waals surface area contributed by atoms with Crippen LogP contribution >= 0.6 is 15.9 Å². The minimum Gasteiger partial charge on any atom is -0.0991 e. The summed E-state index contributed by atoms with van der Waals surface area (Å²) in [5, 5.41) is 0.831. The number of alkyl halides is 1. The summed E-state index contributed by atoms with van der Waals surface area (Å²) in [6.45, 7) is 11.3. The Morgan fingerprint density at radius 2 is 2.00 bits per heavy atom. The molecule has 0 aliphatic carbocycles. The van der Waals surface area contributed by atoms with Gasteiger partial charge in [0.05, 0.1) is 0 Å². The van der Waals surface area contributed by atoms with E-state index in [9.17, 15) is 0 Å². The fraction of sp³-hybridized carbons (Fsp3) is 0.333. The van der Waals surface area contributed by atoms with Gasteiger partial charge in [-0.1, -0.05) is 61.2 Å². The van der Waals surface area contributed by atoms with Gasteiger partial charge < -0.3 is 0 Å². The molecule has 0 N–H and O–H groups in total.